The Hall–Kier alpha value is -1.84. The van der Waals surface area contributed by atoms with Crippen molar-refractivity contribution in [3.8, 4) is 5.75 Å². The maximum atomic E-state index is 6.14. The summed E-state index contributed by atoms with van der Waals surface area (Å²) >= 11 is 0. The van der Waals surface area contributed by atoms with Crippen molar-refractivity contribution in [2.45, 2.75) is 58.2 Å². The van der Waals surface area contributed by atoms with Crippen molar-refractivity contribution in [1.29, 1.82) is 0 Å². The van der Waals surface area contributed by atoms with Crippen LogP contribution in [0.2, 0.25) is 0 Å². The monoisotopic (exact) mass is 378 g/mol. The summed E-state index contributed by atoms with van der Waals surface area (Å²) in [4.78, 5) is 2.57. The van der Waals surface area contributed by atoms with Crippen LogP contribution in [0.4, 0.5) is 0 Å². The topological polar surface area (TPSA) is 24.5 Å². The molecule has 28 heavy (non-hydrogen) atoms. The van der Waals surface area contributed by atoms with Crippen LogP contribution in [0.3, 0.4) is 0 Å². The predicted molar refractivity (Wildman–Crippen MR) is 116 cm³/mol. The fourth-order valence-corrected chi connectivity index (χ4v) is 4.58. The molecule has 1 fully saturated rings. The molecule has 2 aromatic rings. The summed E-state index contributed by atoms with van der Waals surface area (Å²) in [5.41, 5.74) is 4.33. The summed E-state index contributed by atoms with van der Waals surface area (Å²) in [6.07, 6.45) is 6.58. The van der Waals surface area contributed by atoms with E-state index in [-0.39, 0.29) is 0 Å². The summed E-state index contributed by atoms with van der Waals surface area (Å²) in [5, 5.41) is 3.69. The van der Waals surface area contributed by atoms with Gasteiger partial charge >= 0.3 is 0 Å². The lowest BCUT2D eigenvalue weighted by Crippen LogP contribution is -2.35. The molecule has 0 aromatic heterocycles. The normalized spacial score (nSPS) is 18.8. The first kappa shape index (κ1) is 19.5. The molecule has 1 unspecified atom stereocenters. The summed E-state index contributed by atoms with van der Waals surface area (Å²) in [5.74, 6) is 1.52. The van der Waals surface area contributed by atoms with Gasteiger partial charge in [-0.1, -0.05) is 56.2 Å². The summed E-state index contributed by atoms with van der Waals surface area (Å²) in [6, 6.07) is 18.2. The third-order valence-corrected chi connectivity index (χ3v) is 6.16. The van der Waals surface area contributed by atoms with Crippen LogP contribution in [0.25, 0.3) is 0 Å². The lowest BCUT2D eigenvalue weighted by Gasteiger charge is -2.30. The van der Waals surface area contributed by atoms with Gasteiger partial charge in [-0.15, -0.1) is 0 Å². The molecule has 1 atom stereocenters. The van der Waals surface area contributed by atoms with Gasteiger partial charge in [0.1, 0.15) is 5.75 Å². The maximum absolute atomic E-state index is 6.14. The van der Waals surface area contributed by atoms with E-state index in [0.717, 1.165) is 38.5 Å². The van der Waals surface area contributed by atoms with Gasteiger partial charge in [0.25, 0.3) is 0 Å². The van der Waals surface area contributed by atoms with Gasteiger partial charge in [-0.2, -0.15) is 0 Å². The Morgan fingerprint density at radius 2 is 1.89 bits per heavy atom. The van der Waals surface area contributed by atoms with Gasteiger partial charge in [0, 0.05) is 38.1 Å². The first-order chi connectivity index (χ1) is 13.8. The van der Waals surface area contributed by atoms with Crippen LogP contribution < -0.4 is 10.1 Å². The highest BCUT2D eigenvalue weighted by molar-refractivity contribution is 5.29. The smallest absolute Gasteiger partial charge is 0.119 e. The van der Waals surface area contributed by atoms with Crippen molar-refractivity contribution in [2.24, 2.45) is 5.92 Å². The molecule has 1 aliphatic heterocycles. The molecular formula is C25H34N2O. The molecule has 4 rings (SSSR count). The minimum atomic E-state index is 0.519. The van der Waals surface area contributed by atoms with Crippen molar-refractivity contribution in [1.82, 2.24) is 10.2 Å². The Morgan fingerprint density at radius 1 is 1.07 bits per heavy atom. The summed E-state index contributed by atoms with van der Waals surface area (Å²) < 4.78 is 6.14. The number of nitrogens with zero attached hydrogens (tertiary/aromatic N) is 1. The van der Waals surface area contributed by atoms with Crippen molar-refractivity contribution >= 4 is 0 Å². The Balaban J connectivity index is 1.22. The lowest BCUT2D eigenvalue weighted by atomic mass is 9.99. The second kappa shape index (κ2) is 9.58. The number of hydrogen-bond acceptors (Lipinski definition) is 3. The standard InChI is InChI=1S/C25H34N2O/c1-20(17-27-14-13-22-8-2-3-9-23(22)18-27)19-28-25-12-6-7-21(15-25)16-26-24-10-4-5-11-24/h2-3,6-9,12,15,20,24,26H,4-5,10-11,13-14,16-19H2,1H3. The van der Waals surface area contributed by atoms with E-state index in [9.17, 15) is 0 Å². The Kier molecular flexibility index (Phi) is 6.66. The van der Waals surface area contributed by atoms with Crippen LogP contribution in [-0.4, -0.2) is 30.6 Å². The summed E-state index contributed by atoms with van der Waals surface area (Å²) in [6.45, 7) is 7.35. The number of ether oxygens (including phenoxy) is 1. The molecule has 1 saturated carbocycles. The number of fused-ring (bicyclic) bond motifs is 1. The molecule has 0 amide bonds. The molecule has 3 nitrogen and oxygen atoms in total. The number of hydrogen-bond donors (Lipinski definition) is 1. The first-order valence-electron chi connectivity index (χ1n) is 11.0. The predicted octanol–water partition coefficient (Wildman–Crippen LogP) is 4.79. The van der Waals surface area contributed by atoms with Gasteiger partial charge in [-0.05, 0) is 48.1 Å². The van der Waals surface area contributed by atoms with E-state index in [2.05, 4.69) is 65.7 Å². The van der Waals surface area contributed by atoms with Crippen LogP contribution >= 0.6 is 0 Å². The first-order valence-corrected chi connectivity index (χ1v) is 11.0. The van der Waals surface area contributed by atoms with E-state index in [4.69, 9.17) is 4.74 Å². The van der Waals surface area contributed by atoms with E-state index in [1.165, 1.54) is 48.8 Å². The van der Waals surface area contributed by atoms with Crippen molar-refractivity contribution in [2.75, 3.05) is 19.7 Å². The van der Waals surface area contributed by atoms with Crippen LogP contribution in [0, 0.1) is 5.92 Å². The maximum Gasteiger partial charge on any atom is 0.119 e. The van der Waals surface area contributed by atoms with E-state index < -0.39 is 0 Å². The fourth-order valence-electron chi connectivity index (χ4n) is 4.58. The van der Waals surface area contributed by atoms with Crippen molar-refractivity contribution < 1.29 is 4.74 Å². The molecule has 1 N–H and O–H groups in total. The molecule has 2 aromatic carbocycles. The van der Waals surface area contributed by atoms with E-state index in [1.807, 2.05) is 0 Å². The average molecular weight is 379 g/mol. The summed E-state index contributed by atoms with van der Waals surface area (Å²) in [7, 11) is 0. The van der Waals surface area contributed by atoms with Gasteiger partial charge in [0.05, 0.1) is 6.61 Å². The average Bonchev–Trinajstić information content (AvgIpc) is 3.25. The van der Waals surface area contributed by atoms with Crippen molar-refractivity contribution in [3.63, 3.8) is 0 Å². The molecule has 2 aliphatic rings. The Bertz CT molecular complexity index is 754. The molecule has 0 saturated heterocycles. The highest BCUT2D eigenvalue weighted by Gasteiger charge is 2.18. The zero-order valence-electron chi connectivity index (χ0n) is 17.2. The number of rotatable bonds is 8. The molecule has 1 heterocycles. The molecule has 0 radical (unpaired) electrons. The van der Waals surface area contributed by atoms with Crippen molar-refractivity contribution in [3.05, 3.63) is 65.2 Å². The number of benzene rings is 2. The third-order valence-electron chi connectivity index (χ3n) is 6.16. The highest BCUT2D eigenvalue weighted by Crippen LogP contribution is 2.21. The van der Waals surface area contributed by atoms with E-state index >= 15 is 0 Å². The molecule has 1 aliphatic carbocycles. The van der Waals surface area contributed by atoms with Crippen LogP contribution in [0.1, 0.15) is 49.3 Å². The Morgan fingerprint density at radius 3 is 2.75 bits per heavy atom. The van der Waals surface area contributed by atoms with Gasteiger partial charge in [0.15, 0.2) is 0 Å². The largest absolute Gasteiger partial charge is 0.493 e. The van der Waals surface area contributed by atoms with Crippen LogP contribution in [0.5, 0.6) is 5.75 Å². The molecular weight excluding hydrogens is 344 g/mol. The molecule has 0 spiro atoms. The van der Waals surface area contributed by atoms with Crippen LogP contribution in [-0.2, 0) is 19.5 Å². The second-order valence-electron chi connectivity index (χ2n) is 8.68. The molecule has 3 heteroatoms. The third kappa shape index (κ3) is 5.36. The number of nitrogens with one attached hydrogen (secondary N) is 1. The van der Waals surface area contributed by atoms with Gasteiger partial charge in [0.2, 0.25) is 0 Å². The van der Waals surface area contributed by atoms with E-state index in [1.54, 1.807) is 0 Å². The zero-order chi connectivity index (χ0) is 19.2. The Labute approximate surface area is 170 Å². The lowest BCUT2D eigenvalue weighted by molar-refractivity contribution is 0.174. The minimum Gasteiger partial charge on any atom is -0.493 e. The zero-order valence-corrected chi connectivity index (χ0v) is 17.2. The minimum absolute atomic E-state index is 0.519. The SMILES string of the molecule is CC(COc1cccc(CNC2CCCC2)c1)CN1CCc2ccccc2C1. The molecule has 150 valence electrons. The second-order valence-corrected chi connectivity index (χ2v) is 8.68. The van der Waals surface area contributed by atoms with Gasteiger partial charge in [-0.3, -0.25) is 4.90 Å². The quantitative estimate of drug-likeness (QED) is 0.715. The van der Waals surface area contributed by atoms with Gasteiger partial charge in [-0.25, -0.2) is 0 Å². The van der Waals surface area contributed by atoms with Crippen LogP contribution in [0.15, 0.2) is 48.5 Å². The molecule has 0 bridgehead atoms. The van der Waals surface area contributed by atoms with Gasteiger partial charge < -0.3 is 10.1 Å². The fraction of sp³-hybridized carbons (Fsp3) is 0.520. The van der Waals surface area contributed by atoms with E-state index in [0.29, 0.717) is 12.0 Å². The highest BCUT2D eigenvalue weighted by atomic mass is 16.5.